The summed E-state index contributed by atoms with van der Waals surface area (Å²) in [6, 6.07) is 4.46. The molecule has 0 bridgehead atoms. The van der Waals surface area contributed by atoms with Gasteiger partial charge in [0.25, 0.3) is 0 Å². The molecule has 3 heterocycles. The van der Waals surface area contributed by atoms with E-state index in [-0.39, 0.29) is 41.5 Å². The SMILES string of the molecule is COC(=O)c1cc(CNC(=O)C2CCN(S(=O)(=O)c3cccnc3Cl)CC2)oc1C. The number of rotatable bonds is 6. The summed E-state index contributed by atoms with van der Waals surface area (Å²) in [5.74, 6) is -0.167. The fourth-order valence-electron chi connectivity index (χ4n) is 3.32. The van der Waals surface area contributed by atoms with E-state index in [1.807, 2.05) is 0 Å². The van der Waals surface area contributed by atoms with Crippen LogP contribution in [-0.2, 0) is 26.1 Å². The number of aryl methyl sites for hydroxylation is 1. The number of ether oxygens (including phenoxy) is 1. The van der Waals surface area contributed by atoms with Gasteiger partial charge in [0.1, 0.15) is 27.1 Å². The van der Waals surface area contributed by atoms with Crippen LogP contribution in [0.25, 0.3) is 0 Å². The number of halogens is 1. The fraction of sp³-hybridized carbons (Fsp3) is 0.421. The van der Waals surface area contributed by atoms with Gasteiger partial charge in [0, 0.05) is 25.2 Å². The summed E-state index contributed by atoms with van der Waals surface area (Å²) in [6.45, 7) is 2.18. The van der Waals surface area contributed by atoms with Crippen LogP contribution in [0.4, 0.5) is 0 Å². The Balaban J connectivity index is 1.56. The first-order valence-electron chi connectivity index (χ1n) is 9.30. The molecule has 2 aromatic rings. The van der Waals surface area contributed by atoms with Gasteiger partial charge in [0.2, 0.25) is 15.9 Å². The van der Waals surface area contributed by atoms with Gasteiger partial charge in [-0.25, -0.2) is 18.2 Å². The lowest BCUT2D eigenvalue weighted by atomic mass is 9.97. The maximum absolute atomic E-state index is 12.8. The molecule has 0 spiro atoms. The van der Waals surface area contributed by atoms with Crippen molar-refractivity contribution < 1.29 is 27.2 Å². The van der Waals surface area contributed by atoms with Crippen molar-refractivity contribution in [2.75, 3.05) is 20.2 Å². The molecular formula is C19H22ClN3O6S. The Labute approximate surface area is 179 Å². The molecule has 0 radical (unpaired) electrons. The van der Waals surface area contributed by atoms with E-state index >= 15 is 0 Å². The maximum Gasteiger partial charge on any atom is 0.341 e. The van der Waals surface area contributed by atoms with Crippen molar-refractivity contribution >= 4 is 33.5 Å². The molecule has 0 saturated carbocycles. The van der Waals surface area contributed by atoms with Crippen LogP contribution in [0.3, 0.4) is 0 Å². The number of sulfonamides is 1. The minimum Gasteiger partial charge on any atom is -0.465 e. The Morgan fingerprint density at radius 2 is 2.07 bits per heavy atom. The van der Waals surface area contributed by atoms with E-state index in [4.69, 9.17) is 16.0 Å². The normalized spacial score (nSPS) is 15.7. The number of carbonyl (C=O) groups is 2. The Morgan fingerprint density at radius 1 is 1.37 bits per heavy atom. The summed E-state index contributed by atoms with van der Waals surface area (Å²) < 4.78 is 37.0. The first-order valence-corrected chi connectivity index (χ1v) is 11.1. The molecule has 3 rings (SSSR count). The zero-order chi connectivity index (χ0) is 21.9. The summed E-state index contributed by atoms with van der Waals surface area (Å²) >= 11 is 5.93. The van der Waals surface area contributed by atoms with Crippen LogP contribution in [0.15, 0.2) is 33.7 Å². The number of pyridine rings is 1. The smallest absolute Gasteiger partial charge is 0.341 e. The van der Waals surface area contributed by atoms with Crippen LogP contribution >= 0.6 is 11.6 Å². The number of piperidine rings is 1. The highest BCUT2D eigenvalue weighted by Crippen LogP contribution is 2.27. The number of amides is 1. The molecule has 11 heteroatoms. The lowest BCUT2D eigenvalue weighted by Gasteiger charge is -2.30. The predicted octanol–water partition coefficient (Wildman–Crippen LogP) is 2.14. The molecule has 1 fully saturated rings. The van der Waals surface area contributed by atoms with E-state index in [0.29, 0.717) is 29.9 Å². The highest BCUT2D eigenvalue weighted by Gasteiger charge is 2.33. The fourth-order valence-corrected chi connectivity index (χ4v) is 5.22. The number of methoxy groups -OCH3 is 1. The largest absolute Gasteiger partial charge is 0.465 e. The van der Waals surface area contributed by atoms with Gasteiger partial charge in [0.05, 0.1) is 13.7 Å². The quantitative estimate of drug-likeness (QED) is 0.523. The van der Waals surface area contributed by atoms with Crippen LogP contribution in [0.1, 0.15) is 34.7 Å². The first-order chi connectivity index (χ1) is 14.2. The van der Waals surface area contributed by atoms with Gasteiger partial charge in [-0.2, -0.15) is 4.31 Å². The van der Waals surface area contributed by atoms with Gasteiger partial charge >= 0.3 is 5.97 Å². The van der Waals surface area contributed by atoms with Crippen molar-refractivity contribution in [2.45, 2.75) is 31.2 Å². The van der Waals surface area contributed by atoms with Crippen LogP contribution in [0.5, 0.6) is 0 Å². The van der Waals surface area contributed by atoms with Crippen LogP contribution in [0, 0.1) is 12.8 Å². The van der Waals surface area contributed by atoms with E-state index < -0.39 is 16.0 Å². The van der Waals surface area contributed by atoms with Crippen LogP contribution in [-0.4, -0.2) is 49.8 Å². The summed E-state index contributed by atoms with van der Waals surface area (Å²) in [4.78, 5) is 27.9. The van der Waals surface area contributed by atoms with Crippen molar-refractivity contribution in [1.82, 2.24) is 14.6 Å². The molecule has 1 N–H and O–H groups in total. The minimum absolute atomic E-state index is 0.0378. The predicted molar refractivity (Wildman–Crippen MR) is 107 cm³/mol. The molecule has 9 nitrogen and oxygen atoms in total. The highest BCUT2D eigenvalue weighted by molar-refractivity contribution is 7.89. The molecule has 0 aliphatic carbocycles. The van der Waals surface area contributed by atoms with Crippen molar-refractivity contribution in [2.24, 2.45) is 5.92 Å². The van der Waals surface area contributed by atoms with E-state index in [1.165, 1.54) is 35.8 Å². The molecule has 1 aliphatic heterocycles. The number of aromatic nitrogens is 1. The van der Waals surface area contributed by atoms with Crippen molar-refractivity contribution in [3.05, 3.63) is 46.6 Å². The number of furan rings is 1. The topological polar surface area (TPSA) is 119 Å². The Bertz CT molecular complexity index is 1040. The first kappa shape index (κ1) is 22.3. The number of nitrogens with zero attached hydrogens (tertiary/aromatic N) is 2. The van der Waals surface area contributed by atoms with Crippen LogP contribution in [0.2, 0.25) is 5.15 Å². The molecule has 1 amide bonds. The van der Waals surface area contributed by atoms with E-state index in [2.05, 4.69) is 15.0 Å². The molecule has 0 atom stereocenters. The van der Waals surface area contributed by atoms with Crippen molar-refractivity contribution in [1.29, 1.82) is 0 Å². The van der Waals surface area contributed by atoms with Gasteiger partial charge < -0.3 is 14.5 Å². The zero-order valence-corrected chi connectivity index (χ0v) is 18.1. The second kappa shape index (κ2) is 9.15. The Morgan fingerprint density at radius 3 is 2.70 bits per heavy atom. The molecule has 0 aromatic carbocycles. The molecular weight excluding hydrogens is 434 g/mol. The van der Waals surface area contributed by atoms with Gasteiger partial charge in [-0.05, 0) is 38.0 Å². The third kappa shape index (κ3) is 4.66. The third-order valence-electron chi connectivity index (χ3n) is 4.98. The second-order valence-electron chi connectivity index (χ2n) is 6.86. The zero-order valence-electron chi connectivity index (χ0n) is 16.6. The van der Waals surface area contributed by atoms with Crippen molar-refractivity contribution in [3.8, 4) is 0 Å². The summed E-state index contributed by atoms with van der Waals surface area (Å²) in [5, 5.41) is 2.70. The standard InChI is InChI=1S/C19H22ClN3O6S/c1-12-15(19(25)28-2)10-14(29-12)11-22-18(24)13-5-8-23(9-6-13)30(26,27)16-4-3-7-21-17(16)20/h3-4,7,10,13H,5-6,8-9,11H2,1-2H3,(H,22,24). The minimum atomic E-state index is -3.76. The lowest BCUT2D eigenvalue weighted by Crippen LogP contribution is -2.42. The van der Waals surface area contributed by atoms with E-state index in [1.54, 1.807) is 6.92 Å². The third-order valence-corrected chi connectivity index (χ3v) is 7.32. The van der Waals surface area contributed by atoms with E-state index in [0.717, 1.165) is 0 Å². The molecule has 1 aliphatic rings. The molecule has 162 valence electrons. The maximum atomic E-state index is 12.8. The summed E-state index contributed by atoms with van der Waals surface area (Å²) in [7, 11) is -2.48. The van der Waals surface area contributed by atoms with Gasteiger partial charge in [-0.15, -0.1) is 0 Å². The summed E-state index contributed by atoms with van der Waals surface area (Å²) in [5.41, 5.74) is 0.314. The number of nitrogens with one attached hydrogen (secondary N) is 1. The average molecular weight is 456 g/mol. The van der Waals surface area contributed by atoms with E-state index in [9.17, 15) is 18.0 Å². The molecule has 30 heavy (non-hydrogen) atoms. The van der Waals surface area contributed by atoms with Crippen molar-refractivity contribution in [3.63, 3.8) is 0 Å². The number of esters is 1. The van der Waals surface area contributed by atoms with Gasteiger partial charge in [-0.3, -0.25) is 4.79 Å². The lowest BCUT2D eigenvalue weighted by molar-refractivity contribution is -0.126. The Kier molecular flexibility index (Phi) is 6.79. The monoisotopic (exact) mass is 455 g/mol. The average Bonchev–Trinajstić information content (AvgIpc) is 3.12. The number of carbonyl (C=O) groups excluding carboxylic acids is 2. The van der Waals surface area contributed by atoms with Gasteiger partial charge in [-0.1, -0.05) is 11.6 Å². The van der Waals surface area contributed by atoms with Gasteiger partial charge in [0.15, 0.2) is 0 Å². The number of hydrogen-bond donors (Lipinski definition) is 1. The summed E-state index contributed by atoms with van der Waals surface area (Å²) in [6.07, 6.45) is 2.19. The molecule has 0 unspecified atom stereocenters. The molecule has 1 saturated heterocycles. The van der Waals surface area contributed by atoms with Crippen LogP contribution < -0.4 is 5.32 Å². The highest BCUT2D eigenvalue weighted by atomic mass is 35.5. The molecule has 2 aromatic heterocycles. The Hall–Kier alpha value is -2.43. The second-order valence-corrected chi connectivity index (χ2v) is 9.13. The number of hydrogen-bond acceptors (Lipinski definition) is 7.